The van der Waals surface area contributed by atoms with Gasteiger partial charge in [0.1, 0.15) is 5.82 Å². The predicted molar refractivity (Wildman–Crippen MR) is 82.6 cm³/mol. The summed E-state index contributed by atoms with van der Waals surface area (Å²) >= 11 is 2.84. The number of Topliss-reactive ketones (excluding diaryl/α,β-unsaturated/α-hetero) is 1. The number of halogens is 1. The molecule has 0 unspecified atom stereocenters. The molecule has 1 fully saturated rings. The van der Waals surface area contributed by atoms with Crippen molar-refractivity contribution in [1.29, 1.82) is 0 Å². The zero-order valence-corrected chi connectivity index (χ0v) is 13.0. The molecule has 1 N–H and O–H groups in total. The monoisotopic (exact) mass is 323 g/mol. The number of thioether (sulfide) groups is 1. The van der Waals surface area contributed by atoms with Gasteiger partial charge in [0.15, 0.2) is 10.1 Å². The summed E-state index contributed by atoms with van der Waals surface area (Å²) in [6, 6.07) is 6.15. The maximum atomic E-state index is 12.9. The van der Waals surface area contributed by atoms with E-state index in [1.807, 2.05) is 6.92 Å². The van der Waals surface area contributed by atoms with E-state index in [4.69, 9.17) is 0 Å². The molecule has 0 spiro atoms. The van der Waals surface area contributed by atoms with Crippen LogP contribution < -0.4 is 5.32 Å². The van der Waals surface area contributed by atoms with Crippen LogP contribution in [0.4, 0.5) is 9.52 Å². The van der Waals surface area contributed by atoms with E-state index in [9.17, 15) is 9.18 Å². The van der Waals surface area contributed by atoms with E-state index in [1.54, 1.807) is 0 Å². The predicted octanol–water partition coefficient (Wildman–Crippen LogP) is 3.62. The second-order valence-corrected chi connectivity index (χ2v) is 7.49. The lowest BCUT2D eigenvalue weighted by molar-refractivity contribution is 0.0994. The van der Waals surface area contributed by atoms with Crippen LogP contribution in [0.5, 0.6) is 0 Å². The minimum Gasteiger partial charge on any atom is -0.357 e. The largest absolute Gasteiger partial charge is 0.357 e. The highest BCUT2D eigenvalue weighted by Crippen LogP contribution is 2.32. The summed E-state index contributed by atoms with van der Waals surface area (Å²) in [5.74, 6) is -0.376. The quantitative estimate of drug-likeness (QED) is 0.650. The van der Waals surface area contributed by atoms with Crippen molar-refractivity contribution in [1.82, 2.24) is 10.2 Å². The van der Waals surface area contributed by atoms with Crippen LogP contribution in [0.15, 0.2) is 28.6 Å². The Balaban J connectivity index is 1.61. The van der Waals surface area contributed by atoms with Crippen LogP contribution in [0, 0.1) is 5.82 Å². The number of carbonyl (C=O) groups is 1. The van der Waals surface area contributed by atoms with E-state index in [2.05, 4.69) is 15.5 Å². The SMILES string of the molecule is C[C@H](Sc1nnc(NC2CC2)s1)C(=O)c1ccc(F)cc1. The van der Waals surface area contributed by atoms with E-state index in [0.717, 1.165) is 9.47 Å². The summed E-state index contributed by atoms with van der Waals surface area (Å²) < 4.78 is 13.6. The van der Waals surface area contributed by atoms with Gasteiger partial charge in [0.2, 0.25) is 5.13 Å². The lowest BCUT2D eigenvalue weighted by Gasteiger charge is -2.07. The Morgan fingerprint density at radius 2 is 2.10 bits per heavy atom. The molecule has 0 amide bonds. The second-order valence-electron chi connectivity index (χ2n) is 4.92. The lowest BCUT2D eigenvalue weighted by Crippen LogP contribution is -2.13. The fourth-order valence-corrected chi connectivity index (χ4v) is 3.82. The molecule has 1 aromatic heterocycles. The van der Waals surface area contributed by atoms with Gasteiger partial charge in [-0.15, -0.1) is 10.2 Å². The van der Waals surface area contributed by atoms with E-state index >= 15 is 0 Å². The maximum Gasteiger partial charge on any atom is 0.206 e. The van der Waals surface area contributed by atoms with Crippen molar-refractivity contribution in [3.63, 3.8) is 0 Å². The minimum absolute atomic E-state index is 0.0353. The minimum atomic E-state index is -0.341. The molecule has 1 heterocycles. The summed E-state index contributed by atoms with van der Waals surface area (Å²) in [7, 11) is 0. The first-order valence-corrected chi connectivity index (χ1v) is 8.38. The smallest absolute Gasteiger partial charge is 0.206 e. The number of aromatic nitrogens is 2. The molecular weight excluding hydrogens is 309 g/mol. The lowest BCUT2D eigenvalue weighted by atomic mass is 10.1. The van der Waals surface area contributed by atoms with E-state index in [1.165, 1.54) is 60.2 Å². The Kier molecular flexibility index (Phi) is 4.21. The molecule has 2 aromatic rings. The number of rotatable bonds is 6. The van der Waals surface area contributed by atoms with Crippen LogP contribution in [-0.4, -0.2) is 27.3 Å². The van der Waals surface area contributed by atoms with E-state index in [-0.39, 0.29) is 16.9 Å². The van der Waals surface area contributed by atoms with Crippen molar-refractivity contribution in [2.45, 2.75) is 35.4 Å². The Morgan fingerprint density at radius 3 is 2.76 bits per heavy atom. The van der Waals surface area contributed by atoms with Gasteiger partial charge in [-0.1, -0.05) is 23.1 Å². The fraction of sp³-hybridized carbons (Fsp3) is 0.357. The standard InChI is InChI=1S/C14H14FN3OS2/c1-8(12(19)9-2-4-10(15)5-3-9)20-14-18-17-13(21-14)16-11-6-7-11/h2-5,8,11H,6-7H2,1H3,(H,16,17)/t8-/m0/s1. The van der Waals surface area contributed by atoms with Crippen molar-refractivity contribution < 1.29 is 9.18 Å². The van der Waals surface area contributed by atoms with Gasteiger partial charge in [-0.2, -0.15) is 0 Å². The van der Waals surface area contributed by atoms with Gasteiger partial charge in [0.05, 0.1) is 5.25 Å². The van der Waals surface area contributed by atoms with Crippen LogP contribution in [0.3, 0.4) is 0 Å². The van der Waals surface area contributed by atoms with Crippen molar-refractivity contribution in [3.8, 4) is 0 Å². The molecule has 1 aliphatic rings. The molecule has 1 aliphatic carbocycles. The van der Waals surface area contributed by atoms with E-state index in [0.29, 0.717) is 11.6 Å². The van der Waals surface area contributed by atoms with Gasteiger partial charge in [-0.05, 0) is 44.0 Å². The Morgan fingerprint density at radius 1 is 1.38 bits per heavy atom. The normalized spacial score (nSPS) is 15.7. The van der Waals surface area contributed by atoms with Crippen LogP contribution in [-0.2, 0) is 0 Å². The molecule has 1 saturated carbocycles. The molecule has 0 radical (unpaired) electrons. The Labute approximate surface area is 130 Å². The molecular formula is C14H14FN3OS2. The second kappa shape index (κ2) is 6.11. The highest BCUT2D eigenvalue weighted by atomic mass is 32.2. The van der Waals surface area contributed by atoms with Gasteiger partial charge in [0, 0.05) is 11.6 Å². The highest BCUT2D eigenvalue weighted by Gasteiger charge is 2.23. The third-order valence-corrected chi connectivity index (χ3v) is 5.13. The third-order valence-electron chi connectivity index (χ3n) is 3.09. The molecule has 1 atom stereocenters. The molecule has 4 nitrogen and oxygen atoms in total. The average Bonchev–Trinajstić information content (AvgIpc) is 3.18. The number of hydrogen-bond donors (Lipinski definition) is 1. The number of nitrogens with zero attached hydrogens (tertiary/aromatic N) is 2. The first kappa shape index (κ1) is 14.5. The van der Waals surface area contributed by atoms with Gasteiger partial charge >= 0.3 is 0 Å². The molecule has 1 aromatic carbocycles. The molecule has 21 heavy (non-hydrogen) atoms. The van der Waals surface area contributed by atoms with Crippen molar-refractivity contribution in [3.05, 3.63) is 35.6 Å². The molecule has 7 heteroatoms. The number of benzene rings is 1. The number of anilines is 1. The van der Waals surface area contributed by atoms with Crippen LogP contribution >= 0.6 is 23.1 Å². The molecule has 0 aliphatic heterocycles. The first-order valence-electron chi connectivity index (χ1n) is 6.68. The van der Waals surface area contributed by atoms with Gasteiger partial charge < -0.3 is 5.32 Å². The van der Waals surface area contributed by atoms with Gasteiger partial charge in [-0.3, -0.25) is 4.79 Å². The van der Waals surface area contributed by atoms with Crippen LogP contribution in [0.1, 0.15) is 30.1 Å². The molecule has 0 bridgehead atoms. The highest BCUT2D eigenvalue weighted by molar-refractivity contribution is 8.02. The summed E-state index contributed by atoms with van der Waals surface area (Å²) in [5, 5.41) is 12.0. The summed E-state index contributed by atoms with van der Waals surface area (Å²) in [6.45, 7) is 1.83. The number of hydrogen-bond acceptors (Lipinski definition) is 6. The van der Waals surface area contributed by atoms with E-state index < -0.39 is 0 Å². The topological polar surface area (TPSA) is 54.9 Å². The third kappa shape index (κ3) is 3.79. The van der Waals surface area contributed by atoms with Crippen molar-refractivity contribution in [2.75, 3.05) is 5.32 Å². The summed E-state index contributed by atoms with van der Waals surface area (Å²) in [6.07, 6.45) is 2.36. The Bertz CT molecular complexity index is 640. The zero-order valence-electron chi connectivity index (χ0n) is 11.4. The first-order chi connectivity index (χ1) is 10.1. The molecule has 110 valence electrons. The van der Waals surface area contributed by atoms with Gasteiger partial charge in [-0.25, -0.2) is 4.39 Å². The maximum absolute atomic E-state index is 12.9. The fourth-order valence-electron chi connectivity index (χ4n) is 1.77. The van der Waals surface area contributed by atoms with Gasteiger partial charge in [0.25, 0.3) is 0 Å². The van der Waals surface area contributed by atoms with Crippen LogP contribution in [0.2, 0.25) is 0 Å². The summed E-state index contributed by atoms with van der Waals surface area (Å²) in [5.41, 5.74) is 0.511. The number of ketones is 1. The van der Waals surface area contributed by atoms with Crippen molar-refractivity contribution >= 4 is 34.0 Å². The number of carbonyl (C=O) groups excluding carboxylic acids is 1. The zero-order chi connectivity index (χ0) is 14.8. The molecule has 3 rings (SSSR count). The average molecular weight is 323 g/mol. The molecule has 0 saturated heterocycles. The Hall–Kier alpha value is -1.47. The van der Waals surface area contributed by atoms with Crippen LogP contribution in [0.25, 0.3) is 0 Å². The van der Waals surface area contributed by atoms with Crippen molar-refractivity contribution in [2.24, 2.45) is 0 Å². The summed E-state index contributed by atoms with van der Waals surface area (Å²) in [4.78, 5) is 12.3. The number of nitrogens with one attached hydrogen (secondary N) is 1.